The van der Waals surface area contributed by atoms with Crippen LogP contribution in [0, 0.1) is 5.92 Å². The van der Waals surface area contributed by atoms with Gasteiger partial charge in [0.05, 0.1) is 13.7 Å². The molecule has 0 aromatic heterocycles. The molecule has 0 aliphatic carbocycles. The summed E-state index contributed by atoms with van der Waals surface area (Å²) in [6.45, 7) is 4.62. The highest BCUT2D eigenvalue weighted by Gasteiger charge is 2.06. The lowest BCUT2D eigenvalue weighted by molar-refractivity contribution is -0.127. The van der Waals surface area contributed by atoms with E-state index < -0.39 is 0 Å². The van der Waals surface area contributed by atoms with Crippen molar-refractivity contribution in [2.24, 2.45) is 5.92 Å². The smallest absolute Gasteiger partial charge is 0.258 e. The standard InChI is InChI=1S/C16H24N2O4/c1-12(2)8-9-17-15(19)10-18-16(20)11-22-14-6-4-13(21-3)5-7-14/h4-7,12H,8-11H2,1-3H3,(H,17,19)(H,18,20). The molecule has 122 valence electrons. The summed E-state index contributed by atoms with van der Waals surface area (Å²) in [6.07, 6.45) is 0.917. The van der Waals surface area contributed by atoms with Gasteiger partial charge in [-0.05, 0) is 36.6 Å². The van der Waals surface area contributed by atoms with Crippen molar-refractivity contribution in [1.82, 2.24) is 10.6 Å². The first-order valence-corrected chi connectivity index (χ1v) is 7.31. The Morgan fingerprint density at radius 3 is 2.27 bits per heavy atom. The maximum absolute atomic E-state index is 11.6. The molecular formula is C16H24N2O4. The van der Waals surface area contributed by atoms with Crippen LogP contribution in [0.15, 0.2) is 24.3 Å². The second-order valence-electron chi connectivity index (χ2n) is 5.27. The molecule has 6 heteroatoms. The predicted octanol–water partition coefficient (Wildman–Crippen LogP) is 1.35. The summed E-state index contributed by atoms with van der Waals surface area (Å²) in [5, 5.41) is 5.26. The maximum Gasteiger partial charge on any atom is 0.258 e. The zero-order chi connectivity index (χ0) is 16.4. The summed E-state index contributed by atoms with van der Waals surface area (Å²) >= 11 is 0. The second-order valence-corrected chi connectivity index (χ2v) is 5.27. The minimum atomic E-state index is -0.338. The van der Waals surface area contributed by atoms with E-state index in [2.05, 4.69) is 24.5 Å². The fraction of sp³-hybridized carbons (Fsp3) is 0.500. The molecule has 0 saturated heterocycles. The largest absolute Gasteiger partial charge is 0.497 e. The van der Waals surface area contributed by atoms with Crippen molar-refractivity contribution < 1.29 is 19.1 Å². The van der Waals surface area contributed by atoms with Gasteiger partial charge in [0.25, 0.3) is 5.91 Å². The molecule has 2 N–H and O–H groups in total. The van der Waals surface area contributed by atoms with Crippen molar-refractivity contribution in [3.8, 4) is 11.5 Å². The molecule has 0 unspecified atom stereocenters. The third-order valence-electron chi connectivity index (χ3n) is 2.92. The van der Waals surface area contributed by atoms with Crippen LogP contribution >= 0.6 is 0 Å². The normalized spacial score (nSPS) is 10.2. The van der Waals surface area contributed by atoms with Crippen molar-refractivity contribution in [2.45, 2.75) is 20.3 Å². The Morgan fingerprint density at radius 1 is 1.05 bits per heavy atom. The van der Waals surface area contributed by atoms with Gasteiger partial charge in [0.2, 0.25) is 5.91 Å². The van der Waals surface area contributed by atoms with Crippen LogP contribution in [-0.2, 0) is 9.59 Å². The van der Waals surface area contributed by atoms with E-state index >= 15 is 0 Å². The van der Waals surface area contributed by atoms with Gasteiger partial charge in [-0.25, -0.2) is 0 Å². The van der Waals surface area contributed by atoms with E-state index in [0.29, 0.717) is 18.2 Å². The van der Waals surface area contributed by atoms with Gasteiger partial charge in [0, 0.05) is 6.54 Å². The van der Waals surface area contributed by atoms with Crippen molar-refractivity contribution in [3.05, 3.63) is 24.3 Å². The maximum atomic E-state index is 11.6. The minimum Gasteiger partial charge on any atom is -0.497 e. The van der Waals surface area contributed by atoms with E-state index in [1.807, 2.05) is 0 Å². The van der Waals surface area contributed by atoms with Crippen LogP contribution in [0.2, 0.25) is 0 Å². The van der Waals surface area contributed by atoms with E-state index in [1.54, 1.807) is 31.4 Å². The molecular weight excluding hydrogens is 284 g/mol. The lowest BCUT2D eigenvalue weighted by Crippen LogP contribution is -2.39. The number of rotatable bonds is 9. The Labute approximate surface area is 131 Å². The zero-order valence-electron chi connectivity index (χ0n) is 13.3. The van der Waals surface area contributed by atoms with Gasteiger partial charge in [-0.15, -0.1) is 0 Å². The van der Waals surface area contributed by atoms with Crippen LogP contribution in [-0.4, -0.2) is 38.6 Å². The fourth-order valence-corrected chi connectivity index (χ4v) is 1.61. The lowest BCUT2D eigenvalue weighted by atomic mass is 10.1. The summed E-state index contributed by atoms with van der Waals surface area (Å²) < 4.78 is 10.3. The molecule has 0 radical (unpaired) electrons. The zero-order valence-corrected chi connectivity index (χ0v) is 13.3. The van der Waals surface area contributed by atoms with Crippen LogP contribution in [0.5, 0.6) is 11.5 Å². The molecule has 1 aromatic carbocycles. The Morgan fingerprint density at radius 2 is 1.68 bits per heavy atom. The monoisotopic (exact) mass is 308 g/mol. The van der Waals surface area contributed by atoms with Crippen molar-refractivity contribution in [3.63, 3.8) is 0 Å². The van der Waals surface area contributed by atoms with Gasteiger partial charge in [-0.1, -0.05) is 13.8 Å². The third-order valence-corrected chi connectivity index (χ3v) is 2.92. The number of nitrogens with one attached hydrogen (secondary N) is 2. The van der Waals surface area contributed by atoms with E-state index in [-0.39, 0.29) is 25.0 Å². The Bertz CT molecular complexity index is 472. The number of hydrogen-bond donors (Lipinski definition) is 2. The summed E-state index contributed by atoms with van der Waals surface area (Å²) in [6, 6.07) is 6.92. The Hall–Kier alpha value is -2.24. The molecule has 1 aromatic rings. The topological polar surface area (TPSA) is 76.7 Å². The second kappa shape index (κ2) is 9.65. The average Bonchev–Trinajstić information content (AvgIpc) is 2.51. The van der Waals surface area contributed by atoms with E-state index in [1.165, 1.54) is 0 Å². The molecule has 0 heterocycles. The summed E-state index contributed by atoms with van der Waals surface area (Å²) in [5.74, 6) is 1.29. The molecule has 0 atom stereocenters. The molecule has 6 nitrogen and oxygen atoms in total. The molecule has 0 saturated carbocycles. The van der Waals surface area contributed by atoms with Gasteiger partial charge in [0.15, 0.2) is 6.61 Å². The van der Waals surface area contributed by atoms with E-state index in [9.17, 15) is 9.59 Å². The number of amides is 2. The highest BCUT2D eigenvalue weighted by molar-refractivity contribution is 5.85. The molecule has 0 spiro atoms. The first kappa shape index (κ1) is 17.8. The van der Waals surface area contributed by atoms with Crippen LogP contribution < -0.4 is 20.1 Å². The number of methoxy groups -OCH3 is 1. The van der Waals surface area contributed by atoms with Crippen molar-refractivity contribution >= 4 is 11.8 Å². The number of carbonyl (C=O) groups is 2. The van der Waals surface area contributed by atoms with Crippen molar-refractivity contribution in [2.75, 3.05) is 26.8 Å². The third kappa shape index (κ3) is 7.52. The van der Waals surface area contributed by atoms with Gasteiger partial charge < -0.3 is 20.1 Å². The first-order chi connectivity index (χ1) is 10.5. The minimum absolute atomic E-state index is 0.0388. The molecule has 0 aliphatic rings. The number of carbonyl (C=O) groups excluding carboxylic acids is 2. The highest BCUT2D eigenvalue weighted by Crippen LogP contribution is 2.16. The quantitative estimate of drug-likeness (QED) is 0.722. The van der Waals surface area contributed by atoms with E-state index in [0.717, 1.165) is 12.2 Å². The Kier molecular flexibility index (Phi) is 7.81. The highest BCUT2D eigenvalue weighted by atomic mass is 16.5. The van der Waals surface area contributed by atoms with Crippen LogP contribution in [0.3, 0.4) is 0 Å². The van der Waals surface area contributed by atoms with Gasteiger partial charge in [0.1, 0.15) is 11.5 Å². The fourth-order valence-electron chi connectivity index (χ4n) is 1.61. The molecule has 1 rings (SSSR count). The SMILES string of the molecule is COc1ccc(OCC(=O)NCC(=O)NCCC(C)C)cc1. The van der Waals surface area contributed by atoms with Gasteiger partial charge >= 0.3 is 0 Å². The number of hydrogen-bond acceptors (Lipinski definition) is 4. The molecule has 0 aliphatic heterocycles. The van der Waals surface area contributed by atoms with E-state index in [4.69, 9.17) is 9.47 Å². The van der Waals surface area contributed by atoms with Crippen molar-refractivity contribution in [1.29, 1.82) is 0 Å². The molecule has 2 amide bonds. The van der Waals surface area contributed by atoms with Crippen LogP contribution in [0.1, 0.15) is 20.3 Å². The predicted molar refractivity (Wildman–Crippen MR) is 84.0 cm³/mol. The van der Waals surface area contributed by atoms with Gasteiger partial charge in [-0.2, -0.15) is 0 Å². The summed E-state index contributed by atoms with van der Waals surface area (Å²) in [4.78, 5) is 23.1. The van der Waals surface area contributed by atoms with Crippen LogP contribution in [0.25, 0.3) is 0 Å². The number of benzene rings is 1. The molecule has 0 bridgehead atoms. The summed E-state index contributed by atoms with van der Waals surface area (Å²) in [5.41, 5.74) is 0. The number of ether oxygens (including phenoxy) is 2. The molecule has 0 fully saturated rings. The first-order valence-electron chi connectivity index (χ1n) is 7.31. The summed E-state index contributed by atoms with van der Waals surface area (Å²) in [7, 11) is 1.58. The molecule has 22 heavy (non-hydrogen) atoms. The van der Waals surface area contributed by atoms with Crippen LogP contribution in [0.4, 0.5) is 0 Å². The van der Waals surface area contributed by atoms with Gasteiger partial charge in [-0.3, -0.25) is 9.59 Å². The lowest BCUT2D eigenvalue weighted by Gasteiger charge is -2.09. The Balaban J connectivity index is 2.18. The average molecular weight is 308 g/mol.